The lowest BCUT2D eigenvalue weighted by molar-refractivity contribution is -0.133. The van der Waals surface area contributed by atoms with Crippen LogP contribution >= 0.6 is 11.8 Å². The third-order valence-corrected chi connectivity index (χ3v) is 5.66. The molecule has 1 amide bonds. The summed E-state index contributed by atoms with van der Waals surface area (Å²) in [5, 5.41) is 4.02. The van der Waals surface area contributed by atoms with Crippen LogP contribution in [0.2, 0.25) is 0 Å². The topological polar surface area (TPSA) is 32.3 Å². The Kier molecular flexibility index (Phi) is 4.32. The van der Waals surface area contributed by atoms with Gasteiger partial charge in [-0.1, -0.05) is 31.2 Å². The van der Waals surface area contributed by atoms with Gasteiger partial charge in [-0.3, -0.25) is 4.79 Å². The van der Waals surface area contributed by atoms with Crippen molar-refractivity contribution in [1.29, 1.82) is 0 Å². The summed E-state index contributed by atoms with van der Waals surface area (Å²) in [5.74, 6) is 1.37. The van der Waals surface area contributed by atoms with Crippen LogP contribution in [0.3, 0.4) is 0 Å². The molecule has 0 radical (unpaired) electrons. The highest BCUT2D eigenvalue weighted by Gasteiger charge is 2.30. The molecule has 1 fully saturated rings. The molecule has 0 spiro atoms. The molecular weight excluding hydrogens is 268 g/mol. The van der Waals surface area contributed by atoms with Gasteiger partial charge < -0.3 is 10.2 Å². The summed E-state index contributed by atoms with van der Waals surface area (Å²) in [4.78, 5) is 14.7. The predicted molar refractivity (Wildman–Crippen MR) is 83.9 cm³/mol. The van der Waals surface area contributed by atoms with Crippen molar-refractivity contribution in [2.45, 2.75) is 37.6 Å². The van der Waals surface area contributed by atoms with Gasteiger partial charge in [0, 0.05) is 30.6 Å². The third kappa shape index (κ3) is 2.86. The third-order valence-electron chi connectivity index (χ3n) is 4.29. The summed E-state index contributed by atoms with van der Waals surface area (Å²) in [7, 11) is 0. The maximum Gasteiger partial charge on any atom is 0.240 e. The lowest BCUT2D eigenvalue weighted by Gasteiger charge is -2.36. The van der Waals surface area contributed by atoms with Crippen molar-refractivity contribution >= 4 is 17.7 Å². The van der Waals surface area contributed by atoms with Crippen LogP contribution in [-0.4, -0.2) is 40.9 Å². The number of carbonyl (C=O) groups excluding carboxylic acids is 1. The van der Waals surface area contributed by atoms with Crippen molar-refractivity contribution < 1.29 is 4.79 Å². The number of nitrogens with one attached hydrogen (secondary N) is 1. The van der Waals surface area contributed by atoms with Crippen molar-refractivity contribution in [3.05, 3.63) is 35.4 Å². The normalized spacial score (nSPS) is 26.1. The van der Waals surface area contributed by atoms with E-state index in [4.69, 9.17) is 0 Å². The number of rotatable bonds is 2. The molecule has 1 aromatic carbocycles. The SMILES string of the molecule is CCC1CN(C(=O)[C@H]2Cc3ccccc3CN2)CCS1. The summed E-state index contributed by atoms with van der Waals surface area (Å²) in [6.45, 7) is 4.84. The lowest BCUT2D eigenvalue weighted by atomic mass is 9.95. The average molecular weight is 290 g/mol. The van der Waals surface area contributed by atoms with Gasteiger partial charge in [0.15, 0.2) is 0 Å². The minimum absolute atomic E-state index is 0.0366. The molecule has 0 aliphatic carbocycles. The van der Waals surface area contributed by atoms with Gasteiger partial charge in [0.25, 0.3) is 0 Å². The highest BCUT2D eigenvalue weighted by molar-refractivity contribution is 8.00. The van der Waals surface area contributed by atoms with Crippen molar-refractivity contribution in [2.24, 2.45) is 0 Å². The van der Waals surface area contributed by atoms with Crippen LogP contribution in [0, 0.1) is 0 Å². The van der Waals surface area contributed by atoms with E-state index < -0.39 is 0 Å². The van der Waals surface area contributed by atoms with E-state index in [0.29, 0.717) is 11.2 Å². The number of thioether (sulfide) groups is 1. The van der Waals surface area contributed by atoms with Gasteiger partial charge in [0.2, 0.25) is 5.91 Å². The number of amides is 1. The molecular formula is C16H22N2OS. The van der Waals surface area contributed by atoms with Gasteiger partial charge in [-0.25, -0.2) is 0 Å². The van der Waals surface area contributed by atoms with E-state index >= 15 is 0 Å². The largest absolute Gasteiger partial charge is 0.339 e. The summed E-state index contributed by atoms with van der Waals surface area (Å²) in [6, 6.07) is 8.39. The molecule has 1 N–H and O–H groups in total. The number of hydrogen-bond donors (Lipinski definition) is 1. The minimum Gasteiger partial charge on any atom is -0.339 e. The number of nitrogens with zero attached hydrogens (tertiary/aromatic N) is 1. The molecule has 1 unspecified atom stereocenters. The van der Waals surface area contributed by atoms with Crippen molar-refractivity contribution in [2.75, 3.05) is 18.8 Å². The first-order valence-corrected chi connectivity index (χ1v) is 8.53. The number of carbonyl (C=O) groups is 1. The quantitative estimate of drug-likeness (QED) is 0.905. The second-order valence-electron chi connectivity index (χ2n) is 5.59. The molecule has 2 aliphatic rings. The zero-order valence-corrected chi connectivity index (χ0v) is 12.8. The van der Waals surface area contributed by atoms with E-state index in [-0.39, 0.29) is 6.04 Å². The lowest BCUT2D eigenvalue weighted by Crippen LogP contribution is -2.52. The molecule has 20 heavy (non-hydrogen) atoms. The molecule has 1 aromatic rings. The zero-order valence-electron chi connectivity index (χ0n) is 12.0. The molecule has 4 heteroatoms. The molecule has 2 aliphatic heterocycles. The minimum atomic E-state index is -0.0366. The van der Waals surface area contributed by atoms with Crippen LogP contribution in [0.5, 0.6) is 0 Å². The summed E-state index contributed by atoms with van der Waals surface area (Å²) in [5.41, 5.74) is 2.65. The molecule has 0 bridgehead atoms. The first-order valence-electron chi connectivity index (χ1n) is 7.48. The molecule has 2 atom stereocenters. The highest BCUT2D eigenvalue weighted by atomic mass is 32.2. The van der Waals surface area contributed by atoms with E-state index in [9.17, 15) is 4.79 Å². The maximum atomic E-state index is 12.7. The summed E-state index contributed by atoms with van der Waals surface area (Å²) in [6.07, 6.45) is 1.98. The van der Waals surface area contributed by atoms with Crippen molar-refractivity contribution in [3.8, 4) is 0 Å². The molecule has 0 aromatic heterocycles. The zero-order chi connectivity index (χ0) is 13.9. The Labute approximate surface area is 125 Å². The summed E-state index contributed by atoms with van der Waals surface area (Å²) >= 11 is 2.01. The fourth-order valence-electron chi connectivity index (χ4n) is 3.02. The Bertz CT molecular complexity index is 491. The van der Waals surface area contributed by atoms with Gasteiger partial charge in [-0.05, 0) is 24.0 Å². The van der Waals surface area contributed by atoms with Crippen LogP contribution in [0.4, 0.5) is 0 Å². The fourth-order valence-corrected chi connectivity index (χ4v) is 4.20. The van der Waals surface area contributed by atoms with E-state index in [0.717, 1.165) is 38.2 Å². The molecule has 1 saturated heterocycles. The Morgan fingerprint density at radius 1 is 1.40 bits per heavy atom. The van der Waals surface area contributed by atoms with Crippen LogP contribution < -0.4 is 5.32 Å². The number of fused-ring (bicyclic) bond motifs is 1. The van der Waals surface area contributed by atoms with Crippen LogP contribution in [-0.2, 0) is 17.8 Å². The molecule has 3 rings (SSSR count). The Morgan fingerprint density at radius 2 is 2.20 bits per heavy atom. The Balaban J connectivity index is 1.67. The van der Waals surface area contributed by atoms with Gasteiger partial charge >= 0.3 is 0 Å². The maximum absolute atomic E-state index is 12.7. The van der Waals surface area contributed by atoms with Crippen LogP contribution in [0.1, 0.15) is 24.5 Å². The molecule has 108 valence electrons. The molecule has 3 nitrogen and oxygen atoms in total. The Morgan fingerprint density at radius 3 is 3.00 bits per heavy atom. The first kappa shape index (κ1) is 14.0. The van der Waals surface area contributed by atoms with Crippen LogP contribution in [0.25, 0.3) is 0 Å². The van der Waals surface area contributed by atoms with Gasteiger partial charge in [-0.15, -0.1) is 0 Å². The number of benzene rings is 1. The van der Waals surface area contributed by atoms with E-state index in [2.05, 4.69) is 41.4 Å². The molecule has 2 heterocycles. The second kappa shape index (κ2) is 6.19. The van der Waals surface area contributed by atoms with E-state index in [1.165, 1.54) is 11.1 Å². The van der Waals surface area contributed by atoms with Crippen molar-refractivity contribution in [3.63, 3.8) is 0 Å². The Hall–Kier alpha value is -1.00. The fraction of sp³-hybridized carbons (Fsp3) is 0.562. The monoisotopic (exact) mass is 290 g/mol. The van der Waals surface area contributed by atoms with Gasteiger partial charge in [0.05, 0.1) is 6.04 Å². The number of hydrogen-bond acceptors (Lipinski definition) is 3. The molecule has 0 saturated carbocycles. The van der Waals surface area contributed by atoms with Crippen LogP contribution in [0.15, 0.2) is 24.3 Å². The van der Waals surface area contributed by atoms with Gasteiger partial charge in [-0.2, -0.15) is 11.8 Å². The first-order chi connectivity index (χ1) is 9.78. The summed E-state index contributed by atoms with van der Waals surface area (Å²) < 4.78 is 0. The predicted octanol–water partition coefficient (Wildman–Crippen LogP) is 2.05. The standard InChI is InChI=1S/C16H22N2OS/c1-2-14-11-18(7-8-20-14)16(19)15-9-12-5-3-4-6-13(12)10-17-15/h3-6,14-15,17H,2,7-11H2,1H3/t14?,15-/m1/s1. The van der Waals surface area contributed by atoms with Gasteiger partial charge in [0.1, 0.15) is 0 Å². The van der Waals surface area contributed by atoms with E-state index in [1.54, 1.807) is 0 Å². The van der Waals surface area contributed by atoms with Crippen molar-refractivity contribution in [1.82, 2.24) is 10.2 Å². The highest BCUT2D eigenvalue weighted by Crippen LogP contribution is 2.23. The van der Waals surface area contributed by atoms with E-state index in [1.807, 2.05) is 11.8 Å². The smallest absolute Gasteiger partial charge is 0.240 e. The average Bonchev–Trinajstić information content (AvgIpc) is 2.53. The second-order valence-corrected chi connectivity index (χ2v) is 7.00.